The van der Waals surface area contributed by atoms with Gasteiger partial charge in [0, 0.05) is 6.04 Å². The molecule has 5 heteroatoms. The lowest BCUT2D eigenvalue weighted by atomic mass is 10.0. The van der Waals surface area contributed by atoms with Gasteiger partial charge in [-0.1, -0.05) is 12.8 Å². The molecule has 19 heavy (non-hydrogen) atoms. The fourth-order valence-electron chi connectivity index (χ4n) is 2.79. The highest BCUT2D eigenvalue weighted by atomic mass is 32.2. The minimum absolute atomic E-state index is 0.0162. The van der Waals surface area contributed by atoms with Crippen molar-refractivity contribution in [3.63, 3.8) is 0 Å². The van der Waals surface area contributed by atoms with Crippen molar-refractivity contribution in [2.75, 3.05) is 12.8 Å². The Morgan fingerprint density at radius 3 is 2.37 bits per heavy atom. The lowest BCUT2D eigenvalue weighted by Gasteiger charge is -2.22. The van der Waals surface area contributed by atoms with E-state index in [2.05, 4.69) is 5.32 Å². The highest BCUT2D eigenvalue weighted by Gasteiger charge is 2.28. The fourth-order valence-corrected chi connectivity index (χ4v) is 4.44. The summed E-state index contributed by atoms with van der Waals surface area (Å²) in [5.74, 6) is 0.0971. The summed E-state index contributed by atoms with van der Waals surface area (Å²) >= 11 is 0. The third-order valence-corrected chi connectivity index (χ3v) is 5.70. The molecule has 1 saturated carbocycles. The molecule has 0 amide bonds. The van der Waals surface area contributed by atoms with Crippen LogP contribution < -0.4 is 5.32 Å². The van der Waals surface area contributed by atoms with Crippen molar-refractivity contribution >= 4 is 9.84 Å². The van der Waals surface area contributed by atoms with Gasteiger partial charge in [0.1, 0.15) is 5.82 Å². The van der Waals surface area contributed by atoms with Gasteiger partial charge in [-0.3, -0.25) is 0 Å². The fraction of sp³-hybridized carbons (Fsp3) is 0.571. The van der Waals surface area contributed by atoms with E-state index < -0.39 is 15.7 Å². The molecule has 1 N–H and O–H groups in total. The van der Waals surface area contributed by atoms with Gasteiger partial charge >= 0.3 is 0 Å². The van der Waals surface area contributed by atoms with Crippen LogP contribution >= 0.6 is 0 Å². The summed E-state index contributed by atoms with van der Waals surface area (Å²) in [5, 5.41) is 3.13. The van der Waals surface area contributed by atoms with Crippen LogP contribution in [0.5, 0.6) is 0 Å². The number of hydrogen-bond donors (Lipinski definition) is 1. The zero-order chi connectivity index (χ0) is 13.9. The largest absolute Gasteiger partial charge is 0.316 e. The minimum atomic E-state index is -3.35. The number of halogens is 1. The van der Waals surface area contributed by atoms with Gasteiger partial charge < -0.3 is 5.32 Å². The van der Waals surface area contributed by atoms with E-state index in [4.69, 9.17) is 0 Å². The van der Waals surface area contributed by atoms with Crippen molar-refractivity contribution in [2.24, 2.45) is 5.92 Å². The van der Waals surface area contributed by atoms with Crippen LogP contribution in [0.2, 0.25) is 0 Å². The molecule has 1 unspecified atom stereocenters. The van der Waals surface area contributed by atoms with Gasteiger partial charge in [-0.2, -0.15) is 0 Å². The molecule has 1 atom stereocenters. The Kier molecular flexibility index (Phi) is 4.58. The van der Waals surface area contributed by atoms with Gasteiger partial charge in [0.2, 0.25) is 0 Å². The molecule has 1 aromatic rings. The topological polar surface area (TPSA) is 46.2 Å². The summed E-state index contributed by atoms with van der Waals surface area (Å²) in [5.41, 5.74) is 0. The number of benzene rings is 1. The average molecular weight is 285 g/mol. The first-order valence-corrected chi connectivity index (χ1v) is 8.34. The summed E-state index contributed by atoms with van der Waals surface area (Å²) in [4.78, 5) is 0.201. The second-order valence-corrected chi connectivity index (χ2v) is 7.21. The predicted molar refractivity (Wildman–Crippen MR) is 73.3 cm³/mol. The molecule has 2 rings (SSSR count). The van der Waals surface area contributed by atoms with E-state index in [-0.39, 0.29) is 16.7 Å². The standard InChI is InChI=1S/C14H20FNO2S/c1-16-14(11-4-2-3-5-11)10-19(17,18)13-8-6-12(15)7-9-13/h6-9,11,14,16H,2-5,10H2,1H3. The van der Waals surface area contributed by atoms with E-state index in [0.29, 0.717) is 5.92 Å². The molecule has 0 spiro atoms. The number of sulfone groups is 1. The minimum Gasteiger partial charge on any atom is -0.316 e. The maximum atomic E-state index is 12.8. The van der Waals surface area contributed by atoms with E-state index in [0.717, 1.165) is 12.8 Å². The molecule has 1 aliphatic carbocycles. The summed E-state index contributed by atoms with van der Waals surface area (Å²) in [7, 11) is -1.55. The van der Waals surface area contributed by atoms with Crippen LogP contribution in [-0.4, -0.2) is 27.3 Å². The Hall–Kier alpha value is -0.940. The first kappa shape index (κ1) is 14.5. The number of hydrogen-bond acceptors (Lipinski definition) is 3. The summed E-state index contributed by atoms with van der Waals surface area (Å²) in [6.07, 6.45) is 4.54. The molecular formula is C14H20FNO2S. The molecule has 0 radical (unpaired) electrons. The van der Waals surface area contributed by atoms with Gasteiger partial charge in [-0.25, -0.2) is 12.8 Å². The Bertz CT molecular complexity index is 507. The van der Waals surface area contributed by atoms with Gasteiger partial charge in [0.15, 0.2) is 9.84 Å². The van der Waals surface area contributed by atoms with Crippen LogP contribution in [0.1, 0.15) is 25.7 Å². The maximum absolute atomic E-state index is 12.8. The quantitative estimate of drug-likeness (QED) is 0.845. The van der Waals surface area contributed by atoms with E-state index in [1.807, 2.05) is 7.05 Å². The van der Waals surface area contributed by atoms with Crippen molar-refractivity contribution in [3.05, 3.63) is 30.1 Å². The normalized spacial score (nSPS) is 18.6. The highest BCUT2D eigenvalue weighted by Crippen LogP contribution is 2.29. The second kappa shape index (κ2) is 6.01. The van der Waals surface area contributed by atoms with E-state index in [1.54, 1.807) is 0 Å². The Morgan fingerprint density at radius 1 is 1.26 bits per heavy atom. The van der Waals surface area contributed by atoms with Crippen molar-refractivity contribution in [1.82, 2.24) is 5.32 Å². The SMILES string of the molecule is CNC(CS(=O)(=O)c1ccc(F)cc1)C1CCCC1. The first-order valence-electron chi connectivity index (χ1n) is 6.68. The third-order valence-electron chi connectivity index (χ3n) is 3.91. The first-order chi connectivity index (χ1) is 9.03. The van der Waals surface area contributed by atoms with Gasteiger partial charge in [-0.15, -0.1) is 0 Å². The average Bonchev–Trinajstić information content (AvgIpc) is 2.90. The molecule has 106 valence electrons. The van der Waals surface area contributed by atoms with Crippen molar-refractivity contribution < 1.29 is 12.8 Å². The summed E-state index contributed by atoms with van der Waals surface area (Å²) in [6.45, 7) is 0. The van der Waals surface area contributed by atoms with E-state index in [1.165, 1.54) is 37.1 Å². The van der Waals surface area contributed by atoms with Crippen LogP contribution in [0.4, 0.5) is 4.39 Å². The van der Waals surface area contributed by atoms with Crippen molar-refractivity contribution in [3.8, 4) is 0 Å². The zero-order valence-corrected chi connectivity index (χ0v) is 11.9. The molecule has 1 aliphatic rings. The number of rotatable bonds is 5. The third kappa shape index (κ3) is 3.54. The Morgan fingerprint density at radius 2 is 1.84 bits per heavy atom. The smallest absolute Gasteiger partial charge is 0.179 e. The summed E-state index contributed by atoms with van der Waals surface area (Å²) in [6, 6.07) is 5.05. The van der Waals surface area contributed by atoms with Gasteiger partial charge in [-0.05, 0) is 50.1 Å². The highest BCUT2D eigenvalue weighted by molar-refractivity contribution is 7.91. The van der Waals surface area contributed by atoms with Gasteiger partial charge in [0.25, 0.3) is 0 Å². The molecule has 1 aromatic carbocycles. The van der Waals surface area contributed by atoms with Crippen LogP contribution in [0, 0.1) is 11.7 Å². The molecule has 0 heterocycles. The molecule has 0 bridgehead atoms. The molecular weight excluding hydrogens is 265 g/mol. The van der Waals surface area contributed by atoms with Gasteiger partial charge in [0.05, 0.1) is 10.6 Å². The van der Waals surface area contributed by atoms with E-state index >= 15 is 0 Å². The zero-order valence-electron chi connectivity index (χ0n) is 11.1. The lowest BCUT2D eigenvalue weighted by molar-refractivity contribution is 0.404. The van der Waals surface area contributed by atoms with Crippen LogP contribution in [0.15, 0.2) is 29.2 Å². The van der Waals surface area contributed by atoms with Crippen LogP contribution in [0.3, 0.4) is 0 Å². The molecule has 1 fully saturated rings. The van der Waals surface area contributed by atoms with Crippen molar-refractivity contribution in [1.29, 1.82) is 0 Å². The maximum Gasteiger partial charge on any atom is 0.179 e. The Labute approximate surface area is 114 Å². The molecule has 0 saturated heterocycles. The monoisotopic (exact) mass is 285 g/mol. The lowest BCUT2D eigenvalue weighted by Crippen LogP contribution is -2.38. The second-order valence-electron chi connectivity index (χ2n) is 5.18. The molecule has 3 nitrogen and oxygen atoms in total. The van der Waals surface area contributed by atoms with Crippen molar-refractivity contribution in [2.45, 2.75) is 36.6 Å². The predicted octanol–water partition coefficient (Wildman–Crippen LogP) is 2.38. The molecule has 0 aliphatic heterocycles. The van der Waals surface area contributed by atoms with Crippen LogP contribution in [-0.2, 0) is 9.84 Å². The Balaban J connectivity index is 2.13. The number of nitrogens with one attached hydrogen (secondary N) is 1. The van der Waals surface area contributed by atoms with Crippen LogP contribution in [0.25, 0.3) is 0 Å². The molecule has 0 aromatic heterocycles. The summed E-state index contributed by atoms with van der Waals surface area (Å²) < 4.78 is 37.5. The van der Waals surface area contributed by atoms with E-state index in [9.17, 15) is 12.8 Å².